The van der Waals surface area contributed by atoms with Gasteiger partial charge in [-0.15, -0.1) is 0 Å². The Balaban J connectivity index is 1.30. The first kappa shape index (κ1) is 21.1. The molecule has 6 aliphatic rings. The molecule has 0 aromatic rings. The van der Waals surface area contributed by atoms with Gasteiger partial charge in [0.05, 0.1) is 18.8 Å². The summed E-state index contributed by atoms with van der Waals surface area (Å²) in [5.74, 6) is 3.36. The summed E-state index contributed by atoms with van der Waals surface area (Å²) in [6, 6.07) is 0. The standard InChI is InChI=1S/C27H42O4/c1-15-7-10-27(30-14-15)16(2)23-22(31-27)12-20-19-6-5-17-11-18(28)8-9-25(17,3)24(19)21(29)13-26(20,23)4/h15-20,22-24,28H,5-14H2,1-4H3/t15-,16+,17?,18?,19+,20+,22+,23+,24-,25+,26+,27-/m1/s1. The number of Topliss-reactive ketones (excluding diaryl/α,β-unsaturated/α-hetero) is 1. The minimum Gasteiger partial charge on any atom is -0.393 e. The highest BCUT2D eigenvalue weighted by molar-refractivity contribution is 5.84. The molecule has 0 amide bonds. The van der Waals surface area contributed by atoms with Gasteiger partial charge in [0.15, 0.2) is 5.79 Å². The molecule has 0 bridgehead atoms. The van der Waals surface area contributed by atoms with Crippen LogP contribution in [0.4, 0.5) is 0 Å². The zero-order valence-electron chi connectivity index (χ0n) is 19.9. The van der Waals surface area contributed by atoms with E-state index in [0.29, 0.717) is 41.3 Å². The lowest BCUT2D eigenvalue weighted by molar-refractivity contribution is -0.272. The smallest absolute Gasteiger partial charge is 0.171 e. The fourth-order valence-corrected chi connectivity index (χ4v) is 10.1. The number of aliphatic hydroxyl groups excluding tert-OH is 1. The lowest BCUT2D eigenvalue weighted by atomic mass is 9.44. The molecule has 4 saturated carbocycles. The number of ether oxygens (including phenoxy) is 2. The molecule has 2 aliphatic heterocycles. The molecule has 2 saturated heterocycles. The van der Waals surface area contributed by atoms with Gasteiger partial charge in [-0.3, -0.25) is 4.79 Å². The van der Waals surface area contributed by atoms with E-state index in [1.165, 1.54) is 12.8 Å². The third kappa shape index (κ3) is 2.74. The maximum atomic E-state index is 13.9. The third-order valence-electron chi connectivity index (χ3n) is 11.6. The lowest BCUT2D eigenvalue weighted by Gasteiger charge is -2.60. The van der Waals surface area contributed by atoms with Crippen LogP contribution in [0.25, 0.3) is 0 Å². The van der Waals surface area contributed by atoms with E-state index in [-0.39, 0.29) is 29.0 Å². The summed E-state index contributed by atoms with van der Waals surface area (Å²) in [5.41, 5.74) is 0.143. The number of hydrogen-bond donors (Lipinski definition) is 1. The zero-order valence-corrected chi connectivity index (χ0v) is 19.9. The highest BCUT2D eigenvalue weighted by Gasteiger charge is 2.70. The van der Waals surface area contributed by atoms with Crippen molar-refractivity contribution in [1.29, 1.82) is 0 Å². The van der Waals surface area contributed by atoms with Crippen LogP contribution in [0.2, 0.25) is 0 Å². The van der Waals surface area contributed by atoms with E-state index < -0.39 is 5.79 Å². The number of carbonyl (C=O) groups is 1. The lowest BCUT2D eigenvalue weighted by Crippen LogP contribution is -2.58. The van der Waals surface area contributed by atoms with Gasteiger partial charge < -0.3 is 14.6 Å². The van der Waals surface area contributed by atoms with Crippen molar-refractivity contribution in [1.82, 2.24) is 0 Å². The summed E-state index contributed by atoms with van der Waals surface area (Å²) >= 11 is 0. The predicted octanol–water partition coefficient (Wildman–Crippen LogP) is 4.97. The fraction of sp³-hybridized carbons (Fsp3) is 0.963. The molecule has 0 aromatic heterocycles. The molecule has 6 fully saturated rings. The van der Waals surface area contributed by atoms with Crippen molar-refractivity contribution in [3.8, 4) is 0 Å². The van der Waals surface area contributed by atoms with E-state index in [1.807, 2.05) is 0 Å². The Morgan fingerprint density at radius 1 is 1.00 bits per heavy atom. The summed E-state index contributed by atoms with van der Waals surface area (Å²) in [7, 11) is 0. The Labute approximate surface area is 187 Å². The van der Waals surface area contributed by atoms with Crippen LogP contribution in [0, 0.1) is 52.3 Å². The van der Waals surface area contributed by atoms with E-state index in [2.05, 4.69) is 27.7 Å². The molecule has 4 nitrogen and oxygen atoms in total. The Bertz CT molecular complexity index is 756. The van der Waals surface area contributed by atoms with Crippen molar-refractivity contribution < 1.29 is 19.4 Å². The fourth-order valence-electron chi connectivity index (χ4n) is 10.1. The SMILES string of the molecule is C[C@@H]1CC[C@@]2(OC1)O[C@H]1C[C@H]3[C@@H]4CCC5CC(O)CC[C@]5(C)[C@H]4C(=O)C[C@]3(C)[C@H]1[C@@H]2C. The van der Waals surface area contributed by atoms with Crippen LogP contribution < -0.4 is 0 Å². The average molecular weight is 431 g/mol. The summed E-state index contributed by atoms with van der Waals surface area (Å²) in [6.07, 6.45) is 9.26. The maximum absolute atomic E-state index is 13.9. The summed E-state index contributed by atoms with van der Waals surface area (Å²) in [5, 5.41) is 10.3. The molecule has 0 radical (unpaired) electrons. The van der Waals surface area contributed by atoms with Gasteiger partial charge in [-0.25, -0.2) is 0 Å². The van der Waals surface area contributed by atoms with E-state index >= 15 is 0 Å². The van der Waals surface area contributed by atoms with Crippen LogP contribution in [0.15, 0.2) is 0 Å². The first-order valence-corrected chi connectivity index (χ1v) is 13.2. The Kier molecular flexibility index (Phi) is 4.62. The maximum Gasteiger partial charge on any atom is 0.171 e. The number of fused-ring (bicyclic) bond motifs is 7. The van der Waals surface area contributed by atoms with Crippen LogP contribution in [-0.4, -0.2) is 35.5 Å². The van der Waals surface area contributed by atoms with E-state index in [9.17, 15) is 9.90 Å². The Morgan fingerprint density at radius 3 is 2.55 bits per heavy atom. The van der Waals surface area contributed by atoms with E-state index in [1.54, 1.807) is 0 Å². The molecule has 4 aliphatic carbocycles. The molecule has 31 heavy (non-hydrogen) atoms. The second-order valence-corrected chi connectivity index (χ2v) is 13.1. The van der Waals surface area contributed by atoms with Crippen LogP contribution in [0.5, 0.6) is 0 Å². The third-order valence-corrected chi connectivity index (χ3v) is 11.6. The molecule has 12 atom stereocenters. The predicted molar refractivity (Wildman–Crippen MR) is 118 cm³/mol. The summed E-state index contributed by atoms with van der Waals surface area (Å²) in [4.78, 5) is 13.9. The molecule has 1 N–H and O–H groups in total. The average Bonchev–Trinajstić information content (AvgIpc) is 3.15. The Hall–Kier alpha value is -0.450. The van der Waals surface area contributed by atoms with Gasteiger partial charge in [-0.2, -0.15) is 0 Å². The first-order valence-electron chi connectivity index (χ1n) is 13.2. The molecule has 1 spiro atoms. The van der Waals surface area contributed by atoms with Gasteiger partial charge in [-0.1, -0.05) is 27.7 Å². The molecule has 2 heterocycles. The summed E-state index contributed by atoms with van der Waals surface area (Å²) in [6.45, 7) is 10.2. The van der Waals surface area contributed by atoms with Gasteiger partial charge >= 0.3 is 0 Å². The van der Waals surface area contributed by atoms with Gasteiger partial charge in [-0.05, 0) is 85.4 Å². The van der Waals surface area contributed by atoms with Crippen LogP contribution in [-0.2, 0) is 14.3 Å². The second-order valence-electron chi connectivity index (χ2n) is 13.1. The van der Waals surface area contributed by atoms with Crippen molar-refractivity contribution >= 4 is 5.78 Å². The number of aliphatic hydroxyl groups is 1. The number of ketones is 1. The number of carbonyl (C=O) groups excluding carboxylic acids is 1. The van der Waals surface area contributed by atoms with Gasteiger partial charge in [0.25, 0.3) is 0 Å². The van der Waals surface area contributed by atoms with E-state index in [0.717, 1.165) is 51.6 Å². The topological polar surface area (TPSA) is 55.8 Å². The van der Waals surface area contributed by atoms with Gasteiger partial charge in [0.1, 0.15) is 5.78 Å². The molecular formula is C27H42O4. The van der Waals surface area contributed by atoms with Crippen LogP contribution in [0.3, 0.4) is 0 Å². The summed E-state index contributed by atoms with van der Waals surface area (Å²) < 4.78 is 13.2. The molecular weight excluding hydrogens is 388 g/mol. The molecule has 174 valence electrons. The van der Waals surface area contributed by atoms with Crippen molar-refractivity contribution in [3.05, 3.63) is 0 Å². The second kappa shape index (κ2) is 6.79. The van der Waals surface area contributed by atoms with E-state index in [4.69, 9.17) is 9.47 Å². The number of hydrogen-bond acceptors (Lipinski definition) is 4. The molecule has 4 heteroatoms. The monoisotopic (exact) mass is 430 g/mol. The quantitative estimate of drug-likeness (QED) is 0.589. The number of rotatable bonds is 0. The highest BCUT2D eigenvalue weighted by Crippen LogP contribution is 2.70. The minimum absolute atomic E-state index is 0.0512. The van der Waals surface area contributed by atoms with Crippen LogP contribution in [0.1, 0.15) is 85.5 Å². The molecule has 0 aromatic carbocycles. The zero-order chi connectivity index (χ0) is 21.8. The van der Waals surface area contributed by atoms with Gasteiger partial charge in [0.2, 0.25) is 0 Å². The van der Waals surface area contributed by atoms with Crippen molar-refractivity contribution in [3.63, 3.8) is 0 Å². The van der Waals surface area contributed by atoms with Crippen molar-refractivity contribution in [2.24, 2.45) is 52.3 Å². The molecule has 2 unspecified atom stereocenters. The Morgan fingerprint density at radius 2 is 1.81 bits per heavy atom. The van der Waals surface area contributed by atoms with Crippen LogP contribution >= 0.6 is 0 Å². The largest absolute Gasteiger partial charge is 0.393 e. The van der Waals surface area contributed by atoms with Crippen molar-refractivity contribution in [2.75, 3.05) is 6.61 Å². The normalized spacial score (nSPS) is 60.9. The van der Waals surface area contributed by atoms with Crippen molar-refractivity contribution in [2.45, 2.75) is 103 Å². The highest BCUT2D eigenvalue weighted by atomic mass is 16.7. The molecule has 6 rings (SSSR count). The first-order chi connectivity index (χ1) is 14.7. The van der Waals surface area contributed by atoms with Gasteiger partial charge in [0, 0.05) is 24.7 Å². The minimum atomic E-state index is -0.404.